The molecule has 1 aliphatic rings. The molecule has 1 saturated heterocycles. The number of sulfonamides is 1. The second-order valence-corrected chi connectivity index (χ2v) is 9.83. The minimum Gasteiger partial charge on any atom is -0.380 e. The second kappa shape index (κ2) is 9.04. The molecule has 1 atom stereocenters. The zero-order chi connectivity index (χ0) is 22.7. The fraction of sp³-hybridized carbons (Fsp3) is 0.240. The van der Waals surface area contributed by atoms with Gasteiger partial charge in [-0.05, 0) is 61.7 Å². The van der Waals surface area contributed by atoms with Crippen molar-refractivity contribution >= 4 is 27.3 Å². The first kappa shape index (κ1) is 21.9. The van der Waals surface area contributed by atoms with Gasteiger partial charge in [0.05, 0.1) is 10.6 Å². The van der Waals surface area contributed by atoms with Crippen LogP contribution < -0.4 is 10.0 Å². The fourth-order valence-electron chi connectivity index (χ4n) is 3.89. The summed E-state index contributed by atoms with van der Waals surface area (Å²) < 4.78 is 28.6. The summed E-state index contributed by atoms with van der Waals surface area (Å²) in [5, 5.41) is 3.46. The van der Waals surface area contributed by atoms with Crippen LogP contribution in [-0.2, 0) is 10.0 Å². The molecule has 3 aromatic carbocycles. The number of amides is 1. The lowest BCUT2D eigenvalue weighted by atomic mass is 10.1. The van der Waals surface area contributed by atoms with E-state index in [0.717, 1.165) is 23.2 Å². The third-order valence-electron chi connectivity index (χ3n) is 5.76. The van der Waals surface area contributed by atoms with E-state index < -0.39 is 10.0 Å². The number of benzene rings is 3. The van der Waals surface area contributed by atoms with Crippen molar-refractivity contribution in [3.05, 3.63) is 89.5 Å². The molecule has 0 aromatic heterocycles. The summed E-state index contributed by atoms with van der Waals surface area (Å²) in [5.74, 6) is -0.146. The lowest BCUT2D eigenvalue weighted by molar-refractivity contribution is 0.0790. The molecule has 2 N–H and O–H groups in total. The van der Waals surface area contributed by atoms with E-state index in [1.54, 1.807) is 23.1 Å². The normalized spacial score (nSPS) is 16.1. The molecule has 0 saturated carbocycles. The van der Waals surface area contributed by atoms with Crippen molar-refractivity contribution in [2.24, 2.45) is 0 Å². The Balaban J connectivity index is 1.51. The molecular formula is C25H27N3O3S. The molecule has 1 unspecified atom stereocenters. The highest BCUT2D eigenvalue weighted by Gasteiger charge is 2.28. The lowest BCUT2D eigenvalue weighted by Crippen LogP contribution is -2.32. The van der Waals surface area contributed by atoms with Crippen LogP contribution in [0.5, 0.6) is 0 Å². The van der Waals surface area contributed by atoms with Crippen LogP contribution in [0.3, 0.4) is 0 Å². The average Bonchev–Trinajstić information content (AvgIpc) is 3.24. The van der Waals surface area contributed by atoms with Gasteiger partial charge in [0.1, 0.15) is 0 Å². The van der Waals surface area contributed by atoms with E-state index in [-0.39, 0.29) is 16.8 Å². The van der Waals surface area contributed by atoms with Crippen molar-refractivity contribution in [2.75, 3.05) is 23.1 Å². The van der Waals surface area contributed by atoms with Gasteiger partial charge in [-0.2, -0.15) is 0 Å². The van der Waals surface area contributed by atoms with E-state index in [2.05, 4.69) is 10.0 Å². The number of nitrogens with zero attached hydrogens (tertiary/aromatic N) is 1. The first-order valence-corrected chi connectivity index (χ1v) is 12.1. The molecule has 166 valence electrons. The second-order valence-electron chi connectivity index (χ2n) is 8.14. The Morgan fingerprint density at radius 2 is 1.66 bits per heavy atom. The Morgan fingerprint density at radius 1 is 0.938 bits per heavy atom. The van der Waals surface area contributed by atoms with E-state index in [4.69, 9.17) is 0 Å². The predicted molar refractivity (Wildman–Crippen MR) is 128 cm³/mol. The van der Waals surface area contributed by atoms with Crippen molar-refractivity contribution in [2.45, 2.75) is 31.2 Å². The number of aryl methyl sites for hydroxylation is 2. The maximum atomic E-state index is 13.2. The van der Waals surface area contributed by atoms with Crippen molar-refractivity contribution in [3.63, 3.8) is 0 Å². The Kier molecular flexibility index (Phi) is 6.19. The summed E-state index contributed by atoms with van der Waals surface area (Å²) >= 11 is 0. The number of anilines is 2. The number of hydrogen-bond donors (Lipinski definition) is 2. The third-order valence-corrected chi connectivity index (χ3v) is 7.12. The van der Waals surface area contributed by atoms with E-state index in [9.17, 15) is 13.2 Å². The molecule has 0 bridgehead atoms. The fourth-order valence-corrected chi connectivity index (χ4v) is 5.05. The molecule has 1 aliphatic heterocycles. The van der Waals surface area contributed by atoms with Gasteiger partial charge in [0.2, 0.25) is 0 Å². The molecule has 32 heavy (non-hydrogen) atoms. The number of carbonyl (C=O) groups excluding carboxylic acids is 1. The topological polar surface area (TPSA) is 78.5 Å². The van der Waals surface area contributed by atoms with Crippen LogP contribution in [0.25, 0.3) is 0 Å². The first-order valence-electron chi connectivity index (χ1n) is 10.6. The zero-order valence-electron chi connectivity index (χ0n) is 18.2. The van der Waals surface area contributed by atoms with Crippen LogP contribution in [0.4, 0.5) is 11.4 Å². The molecule has 0 radical (unpaired) electrons. The minimum absolute atomic E-state index is 0.0767. The lowest BCUT2D eigenvalue weighted by Gasteiger charge is -2.19. The van der Waals surface area contributed by atoms with Crippen LogP contribution in [0.2, 0.25) is 0 Å². The SMILES string of the molecule is Cc1ccccc1NS(=O)(=O)c1ccc(C)c(C(=O)N2CCC(Nc3ccccc3)C2)c1. The van der Waals surface area contributed by atoms with Crippen molar-refractivity contribution < 1.29 is 13.2 Å². The Bertz CT molecular complexity index is 1230. The van der Waals surface area contributed by atoms with E-state index >= 15 is 0 Å². The zero-order valence-corrected chi connectivity index (χ0v) is 19.0. The van der Waals surface area contributed by atoms with Crippen molar-refractivity contribution in [1.82, 2.24) is 4.90 Å². The van der Waals surface area contributed by atoms with Gasteiger partial charge in [0, 0.05) is 30.4 Å². The average molecular weight is 450 g/mol. The predicted octanol–water partition coefficient (Wildman–Crippen LogP) is 4.43. The number of para-hydroxylation sites is 2. The number of rotatable bonds is 6. The quantitative estimate of drug-likeness (QED) is 0.584. The van der Waals surface area contributed by atoms with Crippen LogP contribution in [0, 0.1) is 13.8 Å². The minimum atomic E-state index is -3.82. The standard InChI is InChI=1S/C25H27N3O3S/c1-18-12-13-22(32(30,31)27-24-11-7-6-8-19(24)2)16-23(18)25(29)28-15-14-21(17-28)26-20-9-4-3-5-10-20/h3-13,16,21,26-27H,14-15,17H2,1-2H3. The number of likely N-dealkylation sites (tertiary alicyclic amines) is 1. The summed E-state index contributed by atoms with van der Waals surface area (Å²) in [7, 11) is -3.82. The molecule has 1 amide bonds. The van der Waals surface area contributed by atoms with E-state index in [1.807, 2.05) is 56.3 Å². The van der Waals surface area contributed by atoms with Crippen LogP contribution in [-0.4, -0.2) is 38.4 Å². The molecule has 3 aromatic rings. The molecule has 1 fully saturated rings. The van der Waals surface area contributed by atoms with Crippen molar-refractivity contribution in [3.8, 4) is 0 Å². The molecule has 1 heterocycles. The highest BCUT2D eigenvalue weighted by molar-refractivity contribution is 7.92. The van der Waals surface area contributed by atoms with E-state index in [1.165, 1.54) is 12.1 Å². The first-order chi connectivity index (χ1) is 15.3. The molecule has 0 spiro atoms. The van der Waals surface area contributed by atoms with Gasteiger partial charge in [-0.25, -0.2) is 8.42 Å². The van der Waals surface area contributed by atoms with Crippen molar-refractivity contribution in [1.29, 1.82) is 0 Å². The largest absolute Gasteiger partial charge is 0.380 e. The Hall–Kier alpha value is -3.32. The van der Waals surface area contributed by atoms with Gasteiger partial charge >= 0.3 is 0 Å². The van der Waals surface area contributed by atoms with Gasteiger partial charge in [-0.15, -0.1) is 0 Å². The summed E-state index contributed by atoms with van der Waals surface area (Å²) in [5.41, 5.74) is 3.55. The summed E-state index contributed by atoms with van der Waals surface area (Å²) in [6.45, 7) is 4.87. The van der Waals surface area contributed by atoms with Gasteiger partial charge in [0.25, 0.3) is 15.9 Å². The number of nitrogens with one attached hydrogen (secondary N) is 2. The number of hydrogen-bond acceptors (Lipinski definition) is 4. The van der Waals surface area contributed by atoms with Gasteiger partial charge in [-0.3, -0.25) is 9.52 Å². The van der Waals surface area contributed by atoms with Gasteiger partial charge in [0.15, 0.2) is 0 Å². The molecule has 0 aliphatic carbocycles. The molecule has 7 heteroatoms. The molecule has 6 nitrogen and oxygen atoms in total. The summed E-state index contributed by atoms with van der Waals surface area (Å²) in [6, 6.07) is 22.0. The van der Waals surface area contributed by atoms with Crippen LogP contribution >= 0.6 is 0 Å². The Morgan fingerprint density at radius 3 is 2.41 bits per heavy atom. The highest BCUT2D eigenvalue weighted by Crippen LogP contribution is 2.24. The maximum absolute atomic E-state index is 13.2. The number of carbonyl (C=O) groups is 1. The Labute approximate surface area is 189 Å². The molecular weight excluding hydrogens is 422 g/mol. The van der Waals surface area contributed by atoms with Crippen LogP contribution in [0.1, 0.15) is 27.9 Å². The monoisotopic (exact) mass is 449 g/mol. The molecule has 4 rings (SSSR count). The van der Waals surface area contributed by atoms with Gasteiger partial charge in [-0.1, -0.05) is 42.5 Å². The van der Waals surface area contributed by atoms with Crippen LogP contribution in [0.15, 0.2) is 77.7 Å². The maximum Gasteiger partial charge on any atom is 0.261 e. The smallest absolute Gasteiger partial charge is 0.261 e. The van der Waals surface area contributed by atoms with Gasteiger partial charge < -0.3 is 10.2 Å². The summed E-state index contributed by atoms with van der Waals surface area (Å²) in [4.78, 5) is 15.1. The summed E-state index contributed by atoms with van der Waals surface area (Å²) in [6.07, 6.45) is 0.840. The third kappa shape index (κ3) is 4.78. The highest BCUT2D eigenvalue weighted by atomic mass is 32.2. The van der Waals surface area contributed by atoms with E-state index in [0.29, 0.717) is 24.3 Å².